The van der Waals surface area contributed by atoms with E-state index in [9.17, 15) is 4.79 Å². The van der Waals surface area contributed by atoms with Gasteiger partial charge in [-0.05, 0) is 30.0 Å². The van der Waals surface area contributed by atoms with Crippen molar-refractivity contribution < 1.29 is 4.79 Å². The summed E-state index contributed by atoms with van der Waals surface area (Å²) in [7, 11) is 0. The van der Waals surface area contributed by atoms with E-state index in [1.165, 1.54) is 21.9 Å². The van der Waals surface area contributed by atoms with Crippen LogP contribution in [0.25, 0.3) is 21.8 Å². The van der Waals surface area contributed by atoms with Crippen LogP contribution in [-0.2, 0) is 11.2 Å². The number of hydrogen-bond donors (Lipinski definition) is 3. The number of benzene rings is 2. The van der Waals surface area contributed by atoms with E-state index in [2.05, 4.69) is 35.4 Å². The molecule has 1 amide bonds. The van der Waals surface area contributed by atoms with Gasteiger partial charge < -0.3 is 16.0 Å². The zero-order valence-corrected chi connectivity index (χ0v) is 13.8. The van der Waals surface area contributed by atoms with E-state index < -0.39 is 6.04 Å². The number of fused-ring (bicyclic) bond motifs is 3. The third kappa shape index (κ3) is 2.82. The lowest BCUT2D eigenvalue weighted by Crippen LogP contribution is -2.39. The SMILES string of the molecule is CCc1cccc2c1[nH]c1cc(NC(=O)[C@@H](N)C(C)C)ccc12. The molecule has 4 heteroatoms. The van der Waals surface area contributed by atoms with E-state index in [0.717, 1.165) is 17.6 Å². The van der Waals surface area contributed by atoms with Crippen molar-refractivity contribution in [1.29, 1.82) is 0 Å². The molecule has 3 aromatic rings. The van der Waals surface area contributed by atoms with Gasteiger partial charge in [0.2, 0.25) is 5.91 Å². The molecule has 0 aliphatic rings. The van der Waals surface area contributed by atoms with Gasteiger partial charge in [-0.3, -0.25) is 4.79 Å². The number of nitrogens with one attached hydrogen (secondary N) is 2. The quantitative estimate of drug-likeness (QED) is 0.686. The zero-order valence-electron chi connectivity index (χ0n) is 13.8. The Labute approximate surface area is 136 Å². The molecule has 0 bridgehead atoms. The largest absolute Gasteiger partial charge is 0.354 e. The third-order valence-corrected chi connectivity index (χ3v) is 4.39. The summed E-state index contributed by atoms with van der Waals surface area (Å²) in [6, 6.07) is 11.8. The lowest BCUT2D eigenvalue weighted by molar-refractivity contribution is -0.118. The highest BCUT2D eigenvalue weighted by Gasteiger charge is 2.17. The van der Waals surface area contributed by atoms with Crippen LogP contribution in [0.3, 0.4) is 0 Å². The molecule has 0 spiro atoms. The number of aromatic amines is 1. The topological polar surface area (TPSA) is 70.9 Å². The van der Waals surface area contributed by atoms with Gasteiger partial charge in [0.25, 0.3) is 0 Å². The number of aryl methyl sites for hydroxylation is 1. The summed E-state index contributed by atoms with van der Waals surface area (Å²) >= 11 is 0. The fraction of sp³-hybridized carbons (Fsp3) is 0.316. The van der Waals surface area contributed by atoms with Crippen molar-refractivity contribution in [3.63, 3.8) is 0 Å². The van der Waals surface area contributed by atoms with Crippen molar-refractivity contribution in [3.8, 4) is 0 Å². The minimum atomic E-state index is -0.500. The molecule has 3 rings (SSSR count). The third-order valence-electron chi connectivity index (χ3n) is 4.39. The van der Waals surface area contributed by atoms with Crippen LogP contribution in [0.15, 0.2) is 36.4 Å². The Hall–Kier alpha value is -2.33. The van der Waals surface area contributed by atoms with Crippen LogP contribution in [0.4, 0.5) is 5.69 Å². The number of hydrogen-bond acceptors (Lipinski definition) is 2. The minimum Gasteiger partial charge on any atom is -0.354 e. The van der Waals surface area contributed by atoms with Crippen LogP contribution in [0, 0.1) is 5.92 Å². The Balaban J connectivity index is 1.99. The van der Waals surface area contributed by atoms with Crippen LogP contribution in [-0.4, -0.2) is 16.9 Å². The fourth-order valence-corrected chi connectivity index (χ4v) is 2.89. The van der Waals surface area contributed by atoms with E-state index in [0.29, 0.717) is 0 Å². The summed E-state index contributed by atoms with van der Waals surface area (Å²) < 4.78 is 0. The number of anilines is 1. The van der Waals surface area contributed by atoms with Crippen molar-refractivity contribution in [2.24, 2.45) is 11.7 Å². The second-order valence-electron chi connectivity index (χ2n) is 6.34. The number of amides is 1. The summed E-state index contributed by atoms with van der Waals surface area (Å²) in [5.74, 6) is -0.0383. The molecule has 0 unspecified atom stereocenters. The molecule has 4 nitrogen and oxygen atoms in total. The Morgan fingerprint density at radius 2 is 2.00 bits per heavy atom. The highest BCUT2D eigenvalue weighted by Crippen LogP contribution is 2.29. The molecule has 0 aliphatic carbocycles. The first kappa shape index (κ1) is 15.6. The van der Waals surface area contributed by atoms with Crippen LogP contribution in [0.1, 0.15) is 26.3 Å². The molecule has 2 aromatic carbocycles. The molecule has 0 aliphatic heterocycles. The maximum Gasteiger partial charge on any atom is 0.241 e. The van der Waals surface area contributed by atoms with Crippen molar-refractivity contribution >= 4 is 33.4 Å². The molecule has 0 radical (unpaired) electrons. The highest BCUT2D eigenvalue weighted by molar-refractivity contribution is 6.09. The van der Waals surface area contributed by atoms with Crippen molar-refractivity contribution in [2.45, 2.75) is 33.2 Å². The Morgan fingerprint density at radius 3 is 2.70 bits per heavy atom. The number of H-pyrrole nitrogens is 1. The number of aromatic nitrogens is 1. The maximum absolute atomic E-state index is 12.1. The van der Waals surface area contributed by atoms with E-state index >= 15 is 0 Å². The molecule has 0 saturated carbocycles. The van der Waals surface area contributed by atoms with Gasteiger partial charge in [-0.25, -0.2) is 0 Å². The summed E-state index contributed by atoms with van der Waals surface area (Å²) in [6.07, 6.45) is 0.983. The van der Waals surface area contributed by atoms with Gasteiger partial charge in [-0.1, -0.05) is 45.0 Å². The summed E-state index contributed by atoms with van der Waals surface area (Å²) in [5.41, 5.74) is 10.2. The number of rotatable bonds is 4. The van der Waals surface area contributed by atoms with Gasteiger partial charge >= 0.3 is 0 Å². The number of carbonyl (C=O) groups is 1. The molecular formula is C19H23N3O. The van der Waals surface area contributed by atoms with Crippen LogP contribution in [0.2, 0.25) is 0 Å². The minimum absolute atomic E-state index is 0.110. The average molecular weight is 309 g/mol. The van der Waals surface area contributed by atoms with Crippen LogP contribution < -0.4 is 11.1 Å². The van der Waals surface area contributed by atoms with Crippen molar-refractivity contribution in [2.75, 3.05) is 5.32 Å². The van der Waals surface area contributed by atoms with Crippen LogP contribution in [0.5, 0.6) is 0 Å². The van der Waals surface area contributed by atoms with Crippen molar-refractivity contribution in [1.82, 2.24) is 4.98 Å². The van der Waals surface area contributed by atoms with E-state index in [4.69, 9.17) is 5.73 Å². The van der Waals surface area contributed by atoms with Crippen molar-refractivity contribution in [3.05, 3.63) is 42.0 Å². The van der Waals surface area contributed by atoms with Crippen LogP contribution >= 0.6 is 0 Å². The number of para-hydroxylation sites is 1. The summed E-state index contributed by atoms with van der Waals surface area (Å²) in [6.45, 7) is 6.04. The average Bonchev–Trinajstić information content (AvgIpc) is 2.91. The predicted molar refractivity (Wildman–Crippen MR) is 96.6 cm³/mol. The maximum atomic E-state index is 12.1. The first-order valence-corrected chi connectivity index (χ1v) is 8.11. The normalized spacial score (nSPS) is 12.9. The van der Waals surface area contributed by atoms with Gasteiger partial charge in [0.1, 0.15) is 0 Å². The molecular weight excluding hydrogens is 286 g/mol. The summed E-state index contributed by atoms with van der Waals surface area (Å²) in [4.78, 5) is 15.6. The van der Waals surface area contributed by atoms with E-state index in [1.807, 2.05) is 32.0 Å². The second-order valence-corrected chi connectivity index (χ2v) is 6.34. The number of carbonyl (C=O) groups excluding carboxylic acids is 1. The summed E-state index contributed by atoms with van der Waals surface area (Å²) in [5, 5.41) is 5.29. The fourth-order valence-electron chi connectivity index (χ4n) is 2.89. The first-order valence-electron chi connectivity index (χ1n) is 8.11. The number of nitrogens with two attached hydrogens (primary N) is 1. The monoisotopic (exact) mass is 309 g/mol. The van der Waals surface area contributed by atoms with Gasteiger partial charge in [-0.2, -0.15) is 0 Å². The lowest BCUT2D eigenvalue weighted by atomic mass is 10.0. The Kier molecular flexibility index (Phi) is 4.09. The highest BCUT2D eigenvalue weighted by atomic mass is 16.2. The Morgan fingerprint density at radius 1 is 1.22 bits per heavy atom. The van der Waals surface area contributed by atoms with Gasteiger partial charge in [0, 0.05) is 27.5 Å². The molecule has 1 aromatic heterocycles. The molecule has 0 fully saturated rings. The molecule has 4 N–H and O–H groups in total. The molecule has 23 heavy (non-hydrogen) atoms. The lowest BCUT2D eigenvalue weighted by Gasteiger charge is -2.15. The first-order chi connectivity index (χ1) is 11.0. The standard InChI is InChI=1S/C19H23N3O/c1-4-12-6-5-7-15-14-9-8-13(10-16(14)22-18(12)15)21-19(23)17(20)11(2)3/h5-11,17,22H,4,20H2,1-3H3,(H,21,23)/t17-/m0/s1. The second kappa shape index (κ2) is 6.05. The van der Waals surface area contributed by atoms with Gasteiger partial charge in [0.15, 0.2) is 0 Å². The van der Waals surface area contributed by atoms with E-state index in [1.54, 1.807) is 0 Å². The molecule has 1 heterocycles. The smallest absolute Gasteiger partial charge is 0.241 e. The van der Waals surface area contributed by atoms with Gasteiger partial charge in [-0.15, -0.1) is 0 Å². The Bertz CT molecular complexity index is 864. The zero-order chi connectivity index (χ0) is 16.6. The van der Waals surface area contributed by atoms with Gasteiger partial charge in [0.05, 0.1) is 6.04 Å². The predicted octanol–water partition coefficient (Wildman–Crippen LogP) is 3.81. The molecule has 0 saturated heterocycles. The van der Waals surface area contributed by atoms with E-state index in [-0.39, 0.29) is 11.8 Å². The molecule has 1 atom stereocenters. The molecule has 120 valence electrons.